The molecule has 1 fully saturated rings. The van der Waals surface area contributed by atoms with Crippen LogP contribution in [-0.4, -0.2) is 23.4 Å². The Balaban J connectivity index is 2.55. The summed E-state index contributed by atoms with van der Waals surface area (Å²) >= 11 is 0. The van der Waals surface area contributed by atoms with Crippen LogP contribution in [0.3, 0.4) is 0 Å². The predicted octanol–water partition coefficient (Wildman–Crippen LogP) is 2.14. The van der Waals surface area contributed by atoms with Crippen molar-refractivity contribution < 1.29 is 27.5 Å². The minimum absolute atomic E-state index is 0.138. The fraction of sp³-hybridized carbons (Fsp3) is 0.857. The lowest BCUT2D eigenvalue weighted by atomic mass is 9.99. The van der Waals surface area contributed by atoms with Gasteiger partial charge >= 0.3 is 12.1 Å². The molecule has 1 aliphatic carbocycles. The maximum Gasteiger partial charge on any atom is 0.419 e. The largest absolute Gasteiger partial charge is 0.481 e. The van der Waals surface area contributed by atoms with Gasteiger partial charge in [0.05, 0.1) is 5.41 Å². The van der Waals surface area contributed by atoms with E-state index < -0.39 is 30.2 Å². The summed E-state index contributed by atoms with van der Waals surface area (Å²) in [5.74, 6) is -1.33. The summed E-state index contributed by atoms with van der Waals surface area (Å²) in [6.07, 6.45) is -8.64. The van der Waals surface area contributed by atoms with Gasteiger partial charge in [0.1, 0.15) is 0 Å². The number of alkyl halides is 4. The summed E-state index contributed by atoms with van der Waals surface area (Å²) in [6, 6.07) is 0. The first-order chi connectivity index (χ1) is 5.78. The molecule has 0 amide bonds. The highest BCUT2D eigenvalue weighted by atomic mass is 19.4. The van der Waals surface area contributed by atoms with Gasteiger partial charge in [-0.25, -0.2) is 4.39 Å². The quantitative estimate of drug-likeness (QED) is 0.708. The van der Waals surface area contributed by atoms with Crippen LogP contribution in [0.5, 0.6) is 0 Å². The Kier molecular flexibility index (Phi) is 2.25. The van der Waals surface area contributed by atoms with Gasteiger partial charge in [-0.2, -0.15) is 13.2 Å². The van der Waals surface area contributed by atoms with Crippen LogP contribution in [0.15, 0.2) is 0 Å². The maximum absolute atomic E-state index is 12.4. The lowest BCUT2D eigenvalue weighted by Crippen LogP contribution is -2.30. The molecule has 13 heavy (non-hydrogen) atoms. The highest BCUT2D eigenvalue weighted by Gasteiger charge is 2.56. The Bertz CT molecular complexity index is 219. The van der Waals surface area contributed by atoms with Crippen molar-refractivity contribution in [3.05, 3.63) is 0 Å². The molecule has 0 aromatic carbocycles. The molecule has 1 rings (SSSR count). The molecule has 0 aromatic heterocycles. The number of hydrogen-bond donors (Lipinski definition) is 1. The van der Waals surface area contributed by atoms with E-state index in [0.717, 1.165) is 0 Å². The molecule has 0 saturated heterocycles. The number of carbonyl (C=O) groups is 1. The summed E-state index contributed by atoms with van der Waals surface area (Å²) < 4.78 is 47.5. The molecule has 0 bridgehead atoms. The van der Waals surface area contributed by atoms with Crippen LogP contribution in [0, 0.1) is 5.41 Å². The first-order valence-corrected chi connectivity index (χ1v) is 3.72. The molecule has 1 unspecified atom stereocenters. The van der Waals surface area contributed by atoms with Crippen LogP contribution in [0.25, 0.3) is 0 Å². The van der Waals surface area contributed by atoms with Crippen molar-refractivity contribution >= 4 is 5.97 Å². The monoisotopic (exact) mass is 200 g/mol. The van der Waals surface area contributed by atoms with Crippen molar-refractivity contribution in [3.8, 4) is 0 Å². The van der Waals surface area contributed by atoms with Crippen molar-refractivity contribution in [1.82, 2.24) is 0 Å². The number of rotatable bonds is 3. The number of carboxylic acids is 1. The molecular formula is C7H8F4O2. The van der Waals surface area contributed by atoms with Crippen molar-refractivity contribution in [2.24, 2.45) is 5.41 Å². The second kappa shape index (κ2) is 2.85. The zero-order valence-corrected chi connectivity index (χ0v) is 6.57. The third-order valence-electron chi connectivity index (χ3n) is 2.23. The fourth-order valence-electron chi connectivity index (χ4n) is 1.11. The lowest BCUT2D eigenvalue weighted by molar-refractivity contribution is -0.187. The molecule has 0 radical (unpaired) electrons. The van der Waals surface area contributed by atoms with Crippen molar-refractivity contribution in [2.75, 3.05) is 0 Å². The van der Waals surface area contributed by atoms with Crippen molar-refractivity contribution in [2.45, 2.75) is 31.6 Å². The zero-order chi connectivity index (χ0) is 10.3. The minimum atomic E-state index is -4.94. The summed E-state index contributed by atoms with van der Waals surface area (Å²) in [6.45, 7) is 0. The molecule has 1 aliphatic rings. The average Bonchev–Trinajstić information content (AvgIpc) is 2.66. The summed E-state index contributed by atoms with van der Waals surface area (Å²) in [4.78, 5) is 10.4. The second-order valence-corrected chi connectivity index (χ2v) is 3.30. The second-order valence-electron chi connectivity index (χ2n) is 3.30. The molecule has 0 spiro atoms. The van der Waals surface area contributed by atoms with Gasteiger partial charge in [0, 0.05) is 6.42 Å². The Labute approximate surface area is 71.5 Å². The predicted molar refractivity (Wildman–Crippen MR) is 34.9 cm³/mol. The van der Waals surface area contributed by atoms with E-state index in [2.05, 4.69) is 0 Å². The van der Waals surface area contributed by atoms with Gasteiger partial charge in [0.25, 0.3) is 0 Å². The summed E-state index contributed by atoms with van der Waals surface area (Å²) in [5, 5.41) is 8.48. The SMILES string of the molecule is O=C(O)C1(CC(F)C(F)(F)F)CC1. The van der Waals surface area contributed by atoms with E-state index in [0.29, 0.717) is 0 Å². The summed E-state index contributed by atoms with van der Waals surface area (Å²) in [5.41, 5.74) is -1.45. The number of aliphatic carboxylic acids is 1. The van der Waals surface area contributed by atoms with Gasteiger partial charge in [-0.05, 0) is 12.8 Å². The normalized spacial score (nSPS) is 22.5. The van der Waals surface area contributed by atoms with Gasteiger partial charge in [0.15, 0.2) is 6.17 Å². The number of hydrogen-bond acceptors (Lipinski definition) is 1. The topological polar surface area (TPSA) is 37.3 Å². The van der Waals surface area contributed by atoms with Crippen LogP contribution >= 0.6 is 0 Å². The standard InChI is InChI=1S/C7H8F4O2/c8-4(7(9,10)11)3-6(1-2-6)5(12)13/h4H,1-3H2,(H,12,13). The molecule has 2 nitrogen and oxygen atoms in total. The maximum atomic E-state index is 12.4. The van der Waals surface area contributed by atoms with Gasteiger partial charge in [0.2, 0.25) is 0 Å². The Morgan fingerprint density at radius 3 is 2.15 bits per heavy atom. The minimum Gasteiger partial charge on any atom is -0.481 e. The Morgan fingerprint density at radius 1 is 1.46 bits per heavy atom. The Hall–Kier alpha value is -0.810. The average molecular weight is 200 g/mol. The van der Waals surface area contributed by atoms with Crippen molar-refractivity contribution in [1.29, 1.82) is 0 Å². The van der Waals surface area contributed by atoms with E-state index in [4.69, 9.17) is 5.11 Å². The lowest BCUT2D eigenvalue weighted by Gasteiger charge is -2.15. The highest BCUT2D eigenvalue weighted by Crippen LogP contribution is 2.51. The van der Waals surface area contributed by atoms with Crippen molar-refractivity contribution in [3.63, 3.8) is 0 Å². The zero-order valence-electron chi connectivity index (χ0n) is 6.57. The van der Waals surface area contributed by atoms with E-state index >= 15 is 0 Å². The molecule has 1 saturated carbocycles. The molecule has 1 atom stereocenters. The molecule has 0 aromatic rings. The highest BCUT2D eigenvalue weighted by molar-refractivity contribution is 5.77. The molecule has 0 heterocycles. The molecule has 0 aliphatic heterocycles. The molecule has 6 heteroatoms. The third kappa shape index (κ3) is 2.10. The Morgan fingerprint density at radius 2 is 1.92 bits per heavy atom. The van der Waals surface area contributed by atoms with E-state index in [9.17, 15) is 22.4 Å². The molecular weight excluding hydrogens is 192 g/mol. The van der Waals surface area contributed by atoms with Crippen LogP contribution in [0.4, 0.5) is 17.6 Å². The molecule has 1 N–H and O–H groups in total. The van der Waals surface area contributed by atoms with Crippen LogP contribution in [0.1, 0.15) is 19.3 Å². The van der Waals surface area contributed by atoms with E-state index in [1.54, 1.807) is 0 Å². The van der Waals surface area contributed by atoms with Gasteiger partial charge in [-0.3, -0.25) is 4.79 Å². The summed E-state index contributed by atoms with van der Waals surface area (Å²) in [7, 11) is 0. The van der Waals surface area contributed by atoms with E-state index in [1.165, 1.54) is 0 Å². The first-order valence-electron chi connectivity index (χ1n) is 3.72. The fourth-order valence-corrected chi connectivity index (χ4v) is 1.11. The van der Waals surface area contributed by atoms with Crippen LogP contribution in [0.2, 0.25) is 0 Å². The number of halogens is 4. The molecule has 76 valence electrons. The number of carboxylic acid groups (broad SMARTS) is 1. The van der Waals surface area contributed by atoms with Gasteiger partial charge < -0.3 is 5.11 Å². The third-order valence-corrected chi connectivity index (χ3v) is 2.23. The first kappa shape index (κ1) is 10.3. The van der Waals surface area contributed by atoms with E-state index in [1.807, 2.05) is 0 Å². The van der Waals surface area contributed by atoms with E-state index in [-0.39, 0.29) is 12.8 Å². The smallest absolute Gasteiger partial charge is 0.419 e. The van der Waals surface area contributed by atoms with Gasteiger partial charge in [-0.1, -0.05) is 0 Å². The van der Waals surface area contributed by atoms with Crippen LogP contribution in [-0.2, 0) is 4.79 Å². The van der Waals surface area contributed by atoms with Gasteiger partial charge in [-0.15, -0.1) is 0 Å². The van der Waals surface area contributed by atoms with Crippen LogP contribution < -0.4 is 0 Å².